The van der Waals surface area contributed by atoms with Crippen molar-refractivity contribution in [3.8, 4) is 5.69 Å². The van der Waals surface area contributed by atoms with Crippen LogP contribution in [0.25, 0.3) is 5.69 Å². The van der Waals surface area contributed by atoms with E-state index in [1.54, 1.807) is 24.7 Å². The molecule has 4 nitrogen and oxygen atoms in total. The first-order valence-electron chi connectivity index (χ1n) is 5.60. The molecule has 2 aromatic rings. The second-order valence-electron chi connectivity index (χ2n) is 3.90. The number of ketones is 1. The molecule has 1 heterocycles. The van der Waals surface area contributed by atoms with Crippen LogP contribution in [-0.2, 0) is 0 Å². The number of carbonyl (C=O) groups excluding carboxylic acids is 1. The molecule has 0 spiro atoms. The van der Waals surface area contributed by atoms with Gasteiger partial charge in [0.1, 0.15) is 0 Å². The van der Waals surface area contributed by atoms with E-state index in [1.165, 1.54) is 0 Å². The number of aromatic nitrogens is 2. The van der Waals surface area contributed by atoms with Gasteiger partial charge in [-0.1, -0.05) is 6.92 Å². The van der Waals surface area contributed by atoms with E-state index in [2.05, 4.69) is 4.98 Å². The van der Waals surface area contributed by atoms with Crippen LogP contribution in [0, 0.1) is 0 Å². The van der Waals surface area contributed by atoms with Gasteiger partial charge in [0.15, 0.2) is 5.78 Å². The third kappa shape index (κ3) is 2.42. The molecule has 17 heavy (non-hydrogen) atoms. The maximum atomic E-state index is 11.8. The minimum atomic E-state index is -0.408. The molecule has 88 valence electrons. The molecule has 2 rings (SSSR count). The van der Waals surface area contributed by atoms with Crippen molar-refractivity contribution in [3.05, 3.63) is 48.5 Å². The normalized spacial score (nSPS) is 12.4. The Labute approximate surface area is 100 Å². The number of benzene rings is 1. The monoisotopic (exact) mass is 229 g/mol. The predicted octanol–water partition coefficient (Wildman–Crippen LogP) is 1.79. The molecule has 2 N–H and O–H groups in total. The van der Waals surface area contributed by atoms with Crippen molar-refractivity contribution >= 4 is 5.78 Å². The summed E-state index contributed by atoms with van der Waals surface area (Å²) in [4.78, 5) is 15.8. The van der Waals surface area contributed by atoms with Crippen LogP contribution in [0.15, 0.2) is 43.0 Å². The summed E-state index contributed by atoms with van der Waals surface area (Å²) in [5.74, 6) is -0.00955. The van der Waals surface area contributed by atoms with Crippen LogP contribution < -0.4 is 5.73 Å². The van der Waals surface area contributed by atoms with Gasteiger partial charge in [-0.2, -0.15) is 0 Å². The van der Waals surface area contributed by atoms with Crippen molar-refractivity contribution in [1.82, 2.24) is 9.55 Å². The molecule has 0 fully saturated rings. The molecule has 0 saturated heterocycles. The van der Waals surface area contributed by atoms with Gasteiger partial charge in [-0.05, 0) is 30.7 Å². The van der Waals surface area contributed by atoms with Crippen LogP contribution in [-0.4, -0.2) is 21.4 Å². The third-order valence-electron chi connectivity index (χ3n) is 2.73. The lowest BCUT2D eigenvalue weighted by molar-refractivity contribution is 0.0959. The fraction of sp³-hybridized carbons (Fsp3) is 0.231. The highest BCUT2D eigenvalue weighted by molar-refractivity contribution is 6.00. The highest BCUT2D eigenvalue weighted by Crippen LogP contribution is 2.11. The Morgan fingerprint density at radius 2 is 2.12 bits per heavy atom. The summed E-state index contributed by atoms with van der Waals surface area (Å²) in [5.41, 5.74) is 7.35. The predicted molar refractivity (Wildman–Crippen MR) is 66.2 cm³/mol. The van der Waals surface area contributed by atoms with Crippen LogP contribution in [0.1, 0.15) is 23.7 Å². The van der Waals surface area contributed by atoms with Crippen molar-refractivity contribution < 1.29 is 4.79 Å². The highest BCUT2D eigenvalue weighted by Gasteiger charge is 2.13. The molecule has 0 aliphatic carbocycles. The summed E-state index contributed by atoms with van der Waals surface area (Å²) in [6.07, 6.45) is 5.94. The first-order chi connectivity index (χ1) is 8.22. The fourth-order valence-electron chi connectivity index (χ4n) is 1.61. The van der Waals surface area contributed by atoms with Crippen molar-refractivity contribution in [3.63, 3.8) is 0 Å². The largest absolute Gasteiger partial charge is 0.321 e. The zero-order valence-corrected chi connectivity index (χ0v) is 9.71. The van der Waals surface area contributed by atoms with Gasteiger partial charge >= 0.3 is 0 Å². The summed E-state index contributed by atoms with van der Waals surface area (Å²) >= 11 is 0. The zero-order valence-electron chi connectivity index (χ0n) is 9.71. The van der Waals surface area contributed by atoms with Crippen LogP contribution in [0.2, 0.25) is 0 Å². The Hall–Kier alpha value is -1.94. The van der Waals surface area contributed by atoms with Gasteiger partial charge in [-0.3, -0.25) is 4.79 Å². The first kappa shape index (κ1) is 11.5. The topological polar surface area (TPSA) is 60.9 Å². The Morgan fingerprint density at radius 1 is 1.41 bits per heavy atom. The third-order valence-corrected chi connectivity index (χ3v) is 2.73. The molecule has 0 aliphatic heterocycles. The summed E-state index contributed by atoms with van der Waals surface area (Å²) in [5, 5.41) is 0. The SMILES string of the molecule is CCC(N)C(=O)c1ccc(-n2ccnc2)cc1. The van der Waals surface area contributed by atoms with E-state index in [9.17, 15) is 4.79 Å². The zero-order chi connectivity index (χ0) is 12.3. The van der Waals surface area contributed by atoms with Crippen LogP contribution >= 0.6 is 0 Å². The Bertz CT molecular complexity index is 488. The maximum absolute atomic E-state index is 11.8. The summed E-state index contributed by atoms with van der Waals surface area (Å²) in [6.45, 7) is 1.91. The molecule has 1 atom stereocenters. The van der Waals surface area contributed by atoms with Crippen LogP contribution in [0.3, 0.4) is 0 Å². The van der Waals surface area contributed by atoms with Crippen molar-refractivity contribution in [2.75, 3.05) is 0 Å². The number of hydrogen-bond acceptors (Lipinski definition) is 3. The number of carbonyl (C=O) groups is 1. The van der Waals surface area contributed by atoms with Crippen molar-refractivity contribution in [1.29, 1.82) is 0 Å². The smallest absolute Gasteiger partial charge is 0.179 e. The fourth-order valence-corrected chi connectivity index (χ4v) is 1.61. The minimum Gasteiger partial charge on any atom is -0.321 e. The lowest BCUT2D eigenvalue weighted by Crippen LogP contribution is -2.29. The second-order valence-corrected chi connectivity index (χ2v) is 3.90. The Kier molecular flexibility index (Phi) is 3.35. The van der Waals surface area contributed by atoms with Gasteiger partial charge in [0.05, 0.1) is 12.4 Å². The quantitative estimate of drug-likeness (QED) is 0.813. The molecular weight excluding hydrogens is 214 g/mol. The van der Waals surface area contributed by atoms with Gasteiger partial charge in [0.2, 0.25) is 0 Å². The molecule has 0 saturated carbocycles. The molecule has 1 unspecified atom stereocenters. The van der Waals surface area contributed by atoms with E-state index in [-0.39, 0.29) is 5.78 Å². The number of Topliss-reactive ketones (excluding diaryl/α,β-unsaturated/α-hetero) is 1. The van der Waals surface area contributed by atoms with Gasteiger partial charge in [0, 0.05) is 23.6 Å². The molecular formula is C13H15N3O. The minimum absolute atomic E-state index is 0.00955. The van der Waals surface area contributed by atoms with E-state index in [1.807, 2.05) is 29.8 Å². The van der Waals surface area contributed by atoms with Gasteiger partial charge in [0.25, 0.3) is 0 Å². The molecule has 0 radical (unpaired) electrons. The van der Waals surface area contributed by atoms with Gasteiger partial charge < -0.3 is 10.3 Å². The van der Waals surface area contributed by atoms with E-state index in [4.69, 9.17) is 5.73 Å². The number of imidazole rings is 1. The molecule has 1 aromatic carbocycles. The standard InChI is InChI=1S/C13H15N3O/c1-2-12(14)13(17)10-3-5-11(6-4-10)16-8-7-15-9-16/h3-9,12H,2,14H2,1H3. The molecule has 0 bridgehead atoms. The molecule has 1 aromatic heterocycles. The van der Waals surface area contributed by atoms with E-state index < -0.39 is 6.04 Å². The summed E-state index contributed by atoms with van der Waals surface area (Å²) in [7, 11) is 0. The highest BCUT2D eigenvalue weighted by atomic mass is 16.1. The van der Waals surface area contributed by atoms with E-state index in [0.717, 1.165) is 5.69 Å². The summed E-state index contributed by atoms with van der Waals surface area (Å²) in [6, 6.07) is 6.96. The van der Waals surface area contributed by atoms with Crippen molar-refractivity contribution in [2.24, 2.45) is 5.73 Å². The van der Waals surface area contributed by atoms with Gasteiger partial charge in [-0.25, -0.2) is 4.98 Å². The number of nitrogens with zero attached hydrogens (tertiary/aromatic N) is 2. The van der Waals surface area contributed by atoms with Crippen molar-refractivity contribution in [2.45, 2.75) is 19.4 Å². The lowest BCUT2D eigenvalue weighted by Gasteiger charge is -2.08. The average Bonchev–Trinajstić information content (AvgIpc) is 2.91. The number of hydrogen-bond donors (Lipinski definition) is 1. The summed E-state index contributed by atoms with van der Waals surface area (Å²) < 4.78 is 1.88. The molecule has 0 aliphatic rings. The second kappa shape index (κ2) is 4.93. The maximum Gasteiger partial charge on any atom is 0.179 e. The Balaban J connectivity index is 2.22. The lowest BCUT2D eigenvalue weighted by atomic mass is 10.0. The molecule has 4 heteroatoms. The van der Waals surface area contributed by atoms with Crippen LogP contribution in [0.4, 0.5) is 0 Å². The van der Waals surface area contributed by atoms with Crippen LogP contribution in [0.5, 0.6) is 0 Å². The first-order valence-corrected chi connectivity index (χ1v) is 5.60. The number of nitrogens with two attached hydrogens (primary N) is 1. The molecule has 0 amide bonds. The Morgan fingerprint density at radius 3 is 2.65 bits per heavy atom. The van der Waals surface area contributed by atoms with E-state index in [0.29, 0.717) is 12.0 Å². The van der Waals surface area contributed by atoms with Gasteiger partial charge in [-0.15, -0.1) is 0 Å². The number of rotatable bonds is 4. The van der Waals surface area contributed by atoms with E-state index >= 15 is 0 Å². The average molecular weight is 229 g/mol.